The Hall–Kier alpha value is -2.56. The number of carbonyl (C=O) groups excluding carboxylic acids is 1. The summed E-state index contributed by atoms with van der Waals surface area (Å²) in [5.74, 6) is 2.24. The van der Waals surface area contributed by atoms with Crippen molar-refractivity contribution in [2.75, 3.05) is 39.3 Å². The summed E-state index contributed by atoms with van der Waals surface area (Å²) in [6.45, 7) is 9.12. The minimum absolute atomic E-state index is 0. The number of carbonyl (C=O) groups is 1. The molecule has 1 amide bonds. The number of amides is 1. The maximum Gasteiger partial charge on any atom is 0.289 e. The Bertz CT molecular complexity index is 1020. The summed E-state index contributed by atoms with van der Waals surface area (Å²) in [6.07, 6.45) is 1.53. The van der Waals surface area contributed by atoms with Crippen LogP contribution in [0.3, 0.4) is 0 Å². The molecule has 9 heteroatoms. The van der Waals surface area contributed by atoms with E-state index in [4.69, 9.17) is 9.41 Å². The number of guanidine groups is 1. The van der Waals surface area contributed by atoms with Crippen molar-refractivity contribution >= 4 is 46.9 Å². The van der Waals surface area contributed by atoms with E-state index in [2.05, 4.69) is 32.8 Å². The van der Waals surface area contributed by atoms with E-state index in [9.17, 15) is 4.79 Å². The average molecular weight is 536 g/mol. The number of rotatable bonds is 5. The Morgan fingerprint density at radius 3 is 2.58 bits per heavy atom. The Labute approximate surface area is 199 Å². The molecule has 1 fully saturated rings. The largest absolute Gasteiger partial charge is 0.459 e. The number of aliphatic imine (C=N–C) groups is 1. The third kappa shape index (κ3) is 5.20. The number of halogens is 1. The summed E-state index contributed by atoms with van der Waals surface area (Å²) < 4.78 is 7.45. The molecule has 1 aliphatic rings. The number of furan rings is 1. The number of fused-ring (bicyclic) bond motifs is 1. The second kappa shape index (κ2) is 10.7. The fraction of sp³-hybridized carbons (Fsp3) is 0.409. The van der Waals surface area contributed by atoms with Gasteiger partial charge in [0.15, 0.2) is 11.7 Å². The molecule has 4 rings (SSSR count). The van der Waals surface area contributed by atoms with Gasteiger partial charge in [-0.3, -0.25) is 9.79 Å². The molecule has 0 atom stereocenters. The molecule has 0 unspecified atom stereocenters. The highest BCUT2D eigenvalue weighted by atomic mass is 127. The van der Waals surface area contributed by atoms with Crippen molar-refractivity contribution in [3.8, 4) is 0 Å². The first-order valence-electron chi connectivity index (χ1n) is 10.4. The third-order valence-corrected chi connectivity index (χ3v) is 5.36. The zero-order valence-corrected chi connectivity index (χ0v) is 20.3. The van der Waals surface area contributed by atoms with Crippen molar-refractivity contribution in [2.24, 2.45) is 4.99 Å². The van der Waals surface area contributed by atoms with Gasteiger partial charge in [-0.25, -0.2) is 4.98 Å². The van der Waals surface area contributed by atoms with E-state index in [1.807, 2.05) is 30.0 Å². The standard InChI is InChI=1S/C22H28N6O2.HI/c1-3-23-22(24-10-11-28-17(2)25-18-7-4-5-8-19(18)28)27-14-12-26(13-15-27)21(29)20-9-6-16-30-20;/h4-9,16H,3,10-15H2,1-2H3,(H,23,24);1H. The highest BCUT2D eigenvalue weighted by Gasteiger charge is 2.25. The van der Waals surface area contributed by atoms with Gasteiger partial charge in [0, 0.05) is 39.3 Å². The number of imidazole rings is 1. The van der Waals surface area contributed by atoms with E-state index in [0.29, 0.717) is 25.4 Å². The molecule has 1 saturated heterocycles. The van der Waals surface area contributed by atoms with Crippen LogP contribution in [0.1, 0.15) is 23.3 Å². The van der Waals surface area contributed by atoms with Crippen molar-refractivity contribution < 1.29 is 9.21 Å². The molecule has 3 aromatic rings. The summed E-state index contributed by atoms with van der Waals surface area (Å²) in [7, 11) is 0. The zero-order valence-electron chi connectivity index (χ0n) is 18.0. The normalized spacial score (nSPS) is 14.6. The van der Waals surface area contributed by atoms with Crippen LogP contribution in [0.5, 0.6) is 0 Å². The van der Waals surface area contributed by atoms with Crippen LogP contribution in [0.25, 0.3) is 11.0 Å². The molecule has 0 aliphatic carbocycles. The van der Waals surface area contributed by atoms with Crippen molar-refractivity contribution in [3.05, 3.63) is 54.2 Å². The predicted molar refractivity (Wildman–Crippen MR) is 132 cm³/mol. The molecule has 1 aromatic carbocycles. The maximum absolute atomic E-state index is 12.5. The fourth-order valence-electron chi connectivity index (χ4n) is 3.84. The lowest BCUT2D eigenvalue weighted by Crippen LogP contribution is -2.53. The molecular weight excluding hydrogens is 507 g/mol. The Morgan fingerprint density at radius 1 is 1.13 bits per heavy atom. The van der Waals surface area contributed by atoms with Crippen LogP contribution in [0.4, 0.5) is 0 Å². The first-order valence-corrected chi connectivity index (χ1v) is 10.4. The van der Waals surface area contributed by atoms with Gasteiger partial charge >= 0.3 is 0 Å². The lowest BCUT2D eigenvalue weighted by molar-refractivity contribution is 0.0657. The molecule has 1 N–H and O–H groups in total. The fourth-order valence-corrected chi connectivity index (χ4v) is 3.84. The Kier molecular flexibility index (Phi) is 7.94. The molecule has 3 heterocycles. The molecule has 0 radical (unpaired) electrons. The summed E-state index contributed by atoms with van der Waals surface area (Å²) in [5.41, 5.74) is 2.16. The molecule has 0 spiro atoms. The number of hydrogen-bond donors (Lipinski definition) is 1. The second-order valence-corrected chi connectivity index (χ2v) is 7.29. The van der Waals surface area contributed by atoms with E-state index in [-0.39, 0.29) is 29.9 Å². The highest BCUT2D eigenvalue weighted by molar-refractivity contribution is 14.0. The molecular formula is C22H29IN6O2. The van der Waals surface area contributed by atoms with E-state index < -0.39 is 0 Å². The van der Waals surface area contributed by atoms with E-state index in [1.165, 1.54) is 6.26 Å². The van der Waals surface area contributed by atoms with Crippen LogP contribution in [0, 0.1) is 6.92 Å². The van der Waals surface area contributed by atoms with Gasteiger partial charge in [0.2, 0.25) is 0 Å². The molecule has 2 aromatic heterocycles. The SMILES string of the molecule is CCNC(=NCCn1c(C)nc2ccccc21)N1CCN(C(=O)c2ccco2)CC1.I. The molecule has 8 nitrogen and oxygen atoms in total. The molecule has 1 aliphatic heterocycles. The van der Waals surface area contributed by atoms with E-state index in [1.54, 1.807) is 12.1 Å². The number of aromatic nitrogens is 2. The molecule has 0 bridgehead atoms. The average Bonchev–Trinajstić information content (AvgIpc) is 3.41. The van der Waals surface area contributed by atoms with Gasteiger partial charge < -0.3 is 24.1 Å². The number of nitrogens with one attached hydrogen (secondary N) is 1. The topological polar surface area (TPSA) is 78.9 Å². The number of aryl methyl sites for hydroxylation is 1. The Balaban J connectivity index is 0.00000272. The third-order valence-electron chi connectivity index (χ3n) is 5.36. The molecule has 166 valence electrons. The number of nitrogens with zero attached hydrogens (tertiary/aromatic N) is 5. The monoisotopic (exact) mass is 536 g/mol. The van der Waals surface area contributed by atoms with Crippen molar-refractivity contribution in [1.29, 1.82) is 0 Å². The first-order chi connectivity index (χ1) is 14.7. The van der Waals surface area contributed by atoms with Crippen LogP contribution in [-0.2, 0) is 6.54 Å². The van der Waals surface area contributed by atoms with Crippen LogP contribution in [0.15, 0.2) is 52.1 Å². The van der Waals surface area contributed by atoms with Crippen molar-refractivity contribution in [1.82, 2.24) is 24.7 Å². The summed E-state index contributed by atoms with van der Waals surface area (Å²) in [6, 6.07) is 11.6. The van der Waals surface area contributed by atoms with Crippen LogP contribution in [0.2, 0.25) is 0 Å². The van der Waals surface area contributed by atoms with Gasteiger partial charge in [0.05, 0.1) is 23.8 Å². The molecule has 31 heavy (non-hydrogen) atoms. The lowest BCUT2D eigenvalue weighted by atomic mass is 10.3. The first kappa shape index (κ1) is 23.1. The van der Waals surface area contributed by atoms with Gasteiger partial charge in [-0.1, -0.05) is 12.1 Å². The van der Waals surface area contributed by atoms with Gasteiger partial charge in [0.25, 0.3) is 5.91 Å². The highest BCUT2D eigenvalue weighted by Crippen LogP contribution is 2.15. The van der Waals surface area contributed by atoms with Gasteiger partial charge in [0.1, 0.15) is 5.82 Å². The minimum atomic E-state index is -0.0518. The van der Waals surface area contributed by atoms with Crippen LogP contribution >= 0.6 is 24.0 Å². The van der Waals surface area contributed by atoms with Gasteiger partial charge in [-0.15, -0.1) is 24.0 Å². The number of benzene rings is 1. The van der Waals surface area contributed by atoms with Crippen molar-refractivity contribution in [2.45, 2.75) is 20.4 Å². The number of piperazine rings is 1. The summed E-state index contributed by atoms with van der Waals surface area (Å²) >= 11 is 0. The summed E-state index contributed by atoms with van der Waals surface area (Å²) in [4.78, 5) is 26.0. The smallest absolute Gasteiger partial charge is 0.289 e. The van der Waals surface area contributed by atoms with Crippen molar-refractivity contribution in [3.63, 3.8) is 0 Å². The maximum atomic E-state index is 12.5. The minimum Gasteiger partial charge on any atom is -0.459 e. The van der Waals surface area contributed by atoms with Gasteiger partial charge in [-0.2, -0.15) is 0 Å². The van der Waals surface area contributed by atoms with E-state index in [0.717, 1.165) is 49.0 Å². The number of hydrogen-bond acceptors (Lipinski definition) is 4. The summed E-state index contributed by atoms with van der Waals surface area (Å²) in [5, 5.41) is 3.38. The van der Waals surface area contributed by atoms with Gasteiger partial charge in [-0.05, 0) is 38.1 Å². The Morgan fingerprint density at radius 2 is 1.87 bits per heavy atom. The van der Waals surface area contributed by atoms with Crippen LogP contribution < -0.4 is 5.32 Å². The van der Waals surface area contributed by atoms with Crippen LogP contribution in [-0.4, -0.2) is 70.5 Å². The molecule has 0 saturated carbocycles. The second-order valence-electron chi connectivity index (χ2n) is 7.29. The quantitative estimate of drug-likeness (QED) is 0.308. The predicted octanol–water partition coefficient (Wildman–Crippen LogP) is 2.98. The van der Waals surface area contributed by atoms with E-state index >= 15 is 0 Å². The lowest BCUT2D eigenvalue weighted by Gasteiger charge is -2.36. The zero-order chi connectivity index (χ0) is 20.9. The number of para-hydroxylation sites is 2.